The molecule has 2 rings (SSSR count). The van der Waals surface area contributed by atoms with Crippen LogP contribution in [0.4, 0.5) is 0 Å². The second kappa shape index (κ2) is 5.83. The fourth-order valence-corrected chi connectivity index (χ4v) is 2.26. The van der Waals surface area contributed by atoms with Crippen LogP contribution in [-0.2, 0) is 16.0 Å². The SMILES string of the molecule is C[C@@H]1CNC[C@H]1C(=O)N[C@H](Cc1cnc[nH]1)C(=O)O. The largest absolute Gasteiger partial charge is 0.480 e. The number of rotatable bonds is 5. The van der Waals surface area contributed by atoms with Crippen LogP contribution in [0, 0.1) is 11.8 Å². The molecular weight excluding hydrogens is 248 g/mol. The van der Waals surface area contributed by atoms with Gasteiger partial charge in [0.25, 0.3) is 0 Å². The number of amides is 1. The summed E-state index contributed by atoms with van der Waals surface area (Å²) in [6, 6.07) is -0.930. The highest BCUT2D eigenvalue weighted by molar-refractivity contribution is 5.85. The summed E-state index contributed by atoms with van der Waals surface area (Å²) in [5.74, 6) is -1.18. The number of carbonyl (C=O) groups excluding carboxylic acids is 1. The fraction of sp³-hybridized carbons (Fsp3) is 0.583. The fourth-order valence-electron chi connectivity index (χ4n) is 2.26. The number of hydrogen-bond acceptors (Lipinski definition) is 4. The quantitative estimate of drug-likeness (QED) is 0.568. The number of carboxylic acids is 1. The Bertz CT molecular complexity index is 446. The summed E-state index contributed by atoms with van der Waals surface area (Å²) in [7, 11) is 0. The number of carboxylic acid groups (broad SMARTS) is 1. The molecule has 1 aliphatic rings. The van der Waals surface area contributed by atoms with Gasteiger partial charge in [-0.3, -0.25) is 4.79 Å². The van der Waals surface area contributed by atoms with Crippen molar-refractivity contribution in [1.29, 1.82) is 0 Å². The van der Waals surface area contributed by atoms with E-state index in [4.69, 9.17) is 5.11 Å². The zero-order valence-electron chi connectivity index (χ0n) is 10.7. The number of aromatic nitrogens is 2. The average Bonchev–Trinajstić information content (AvgIpc) is 2.99. The van der Waals surface area contributed by atoms with E-state index in [-0.39, 0.29) is 24.2 Å². The number of aliphatic carboxylic acids is 1. The van der Waals surface area contributed by atoms with E-state index < -0.39 is 12.0 Å². The zero-order chi connectivity index (χ0) is 13.8. The highest BCUT2D eigenvalue weighted by atomic mass is 16.4. The van der Waals surface area contributed by atoms with Crippen LogP contribution in [0.5, 0.6) is 0 Å². The summed E-state index contributed by atoms with van der Waals surface area (Å²) in [4.78, 5) is 29.9. The van der Waals surface area contributed by atoms with E-state index in [0.29, 0.717) is 12.2 Å². The number of nitrogens with one attached hydrogen (secondary N) is 3. The van der Waals surface area contributed by atoms with Gasteiger partial charge in [-0.25, -0.2) is 9.78 Å². The van der Waals surface area contributed by atoms with Gasteiger partial charge in [0.1, 0.15) is 6.04 Å². The Hall–Kier alpha value is -1.89. The number of imidazole rings is 1. The predicted octanol–water partition coefficient (Wildman–Crippen LogP) is -0.623. The van der Waals surface area contributed by atoms with Crippen LogP contribution >= 0.6 is 0 Å². The van der Waals surface area contributed by atoms with Gasteiger partial charge in [-0.1, -0.05) is 6.92 Å². The Labute approximate surface area is 110 Å². The molecular formula is C12H18N4O3. The van der Waals surface area contributed by atoms with E-state index >= 15 is 0 Å². The molecule has 1 aromatic heterocycles. The highest BCUT2D eigenvalue weighted by Gasteiger charge is 2.32. The molecule has 0 unspecified atom stereocenters. The lowest BCUT2D eigenvalue weighted by atomic mass is 9.96. The molecule has 4 N–H and O–H groups in total. The molecule has 1 amide bonds. The van der Waals surface area contributed by atoms with Crippen molar-refractivity contribution in [3.63, 3.8) is 0 Å². The molecule has 104 valence electrons. The van der Waals surface area contributed by atoms with E-state index in [1.165, 1.54) is 6.33 Å². The van der Waals surface area contributed by atoms with Crippen molar-refractivity contribution in [2.75, 3.05) is 13.1 Å². The Kier molecular flexibility index (Phi) is 4.16. The van der Waals surface area contributed by atoms with E-state index in [1.54, 1.807) is 6.20 Å². The van der Waals surface area contributed by atoms with E-state index in [2.05, 4.69) is 20.6 Å². The van der Waals surface area contributed by atoms with Crippen LogP contribution < -0.4 is 10.6 Å². The summed E-state index contributed by atoms with van der Waals surface area (Å²) >= 11 is 0. The molecule has 7 nitrogen and oxygen atoms in total. The Balaban J connectivity index is 1.96. The normalized spacial score (nSPS) is 24.1. The third-order valence-corrected chi connectivity index (χ3v) is 3.45. The maximum absolute atomic E-state index is 12.1. The molecule has 1 aliphatic heterocycles. The topological polar surface area (TPSA) is 107 Å². The van der Waals surface area contributed by atoms with Crippen molar-refractivity contribution in [1.82, 2.24) is 20.6 Å². The first-order valence-electron chi connectivity index (χ1n) is 6.29. The van der Waals surface area contributed by atoms with Gasteiger partial charge in [0.2, 0.25) is 5.91 Å². The zero-order valence-corrected chi connectivity index (χ0v) is 10.7. The maximum Gasteiger partial charge on any atom is 0.326 e. The van der Waals surface area contributed by atoms with Gasteiger partial charge in [0.15, 0.2) is 0 Å². The minimum absolute atomic E-state index is 0.163. The van der Waals surface area contributed by atoms with Gasteiger partial charge >= 0.3 is 5.97 Å². The highest BCUT2D eigenvalue weighted by Crippen LogP contribution is 2.16. The van der Waals surface area contributed by atoms with Crippen molar-refractivity contribution in [2.45, 2.75) is 19.4 Å². The Morgan fingerprint density at radius 3 is 2.89 bits per heavy atom. The molecule has 1 saturated heterocycles. The van der Waals surface area contributed by atoms with Gasteiger partial charge in [-0.2, -0.15) is 0 Å². The molecule has 0 aliphatic carbocycles. The molecule has 0 saturated carbocycles. The molecule has 19 heavy (non-hydrogen) atoms. The first-order chi connectivity index (χ1) is 9.08. The van der Waals surface area contributed by atoms with Gasteiger partial charge in [0, 0.05) is 24.9 Å². The molecule has 2 heterocycles. The van der Waals surface area contributed by atoms with Gasteiger partial charge in [0.05, 0.1) is 12.2 Å². The lowest BCUT2D eigenvalue weighted by Gasteiger charge is -2.18. The molecule has 0 radical (unpaired) electrons. The second-order valence-corrected chi connectivity index (χ2v) is 4.92. The molecule has 0 aromatic carbocycles. The van der Waals surface area contributed by atoms with Crippen LogP contribution in [0.2, 0.25) is 0 Å². The standard InChI is InChI=1S/C12H18N4O3/c1-7-3-13-5-9(7)11(17)16-10(12(18)19)2-8-4-14-6-15-8/h4,6-7,9-10,13H,2-3,5H2,1H3,(H,14,15)(H,16,17)(H,18,19)/t7-,9-,10-/m1/s1. The first kappa shape index (κ1) is 13.5. The summed E-state index contributed by atoms with van der Waals surface area (Å²) in [5.41, 5.74) is 0.685. The average molecular weight is 266 g/mol. The number of H-pyrrole nitrogens is 1. The van der Waals surface area contributed by atoms with Crippen LogP contribution in [0.1, 0.15) is 12.6 Å². The van der Waals surface area contributed by atoms with Crippen LogP contribution in [-0.4, -0.2) is 46.1 Å². The van der Waals surface area contributed by atoms with E-state index in [1.807, 2.05) is 6.92 Å². The minimum atomic E-state index is -1.04. The van der Waals surface area contributed by atoms with Crippen molar-refractivity contribution < 1.29 is 14.7 Å². The second-order valence-electron chi connectivity index (χ2n) is 4.92. The van der Waals surface area contributed by atoms with Gasteiger partial charge in [-0.05, 0) is 12.5 Å². The summed E-state index contributed by atoms with van der Waals surface area (Å²) < 4.78 is 0. The van der Waals surface area contributed by atoms with E-state index in [0.717, 1.165) is 6.54 Å². The van der Waals surface area contributed by atoms with Crippen LogP contribution in [0.25, 0.3) is 0 Å². The summed E-state index contributed by atoms with van der Waals surface area (Å²) in [6.07, 6.45) is 3.25. The Morgan fingerprint density at radius 1 is 1.58 bits per heavy atom. The molecule has 0 spiro atoms. The molecule has 1 fully saturated rings. The molecule has 0 bridgehead atoms. The third kappa shape index (κ3) is 3.31. The van der Waals surface area contributed by atoms with Crippen molar-refractivity contribution in [2.24, 2.45) is 11.8 Å². The number of nitrogens with zero attached hydrogens (tertiary/aromatic N) is 1. The summed E-state index contributed by atoms with van der Waals surface area (Å²) in [5, 5.41) is 14.9. The minimum Gasteiger partial charge on any atom is -0.480 e. The molecule has 7 heteroatoms. The van der Waals surface area contributed by atoms with E-state index in [9.17, 15) is 9.59 Å². The third-order valence-electron chi connectivity index (χ3n) is 3.45. The van der Waals surface area contributed by atoms with Crippen molar-refractivity contribution in [3.8, 4) is 0 Å². The number of aromatic amines is 1. The monoisotopic (exact) mass is 266 g/mol. The lowest BCUT2D eigenvalue weighted by molar-refractivity contribution is -0.142. The van der Waals surface area contributed by atoms with Crippen molar-refractivity contribution in [3.05, 3.63) is 18.2 Å². The number of hydrogen-bond donors (Lipinski definition) is 4. The number of carbonyl (C=O) groups is 2. The smallest absolute Gasteiger partial charge is 0.326 e. The first-order valence-corrected chi connectivity index (χ1v) is 6.29. The van der Waals surface area contributed by atoms with Gasteiger partial charge in [-0.15, -0.1) is 0 Å². The summed E-state index contributed by atoms with van der Waals surface area (Å²) in [6.45, 7) is 3.37. The maximum atomic E-state index is 12.1. The van der Waals surface area contributed by atoms with Gasteiger partial charge < -0.3 is 20.7 Å². The van der Waals surface area contributed by atoms with Crippen LogP contribution in [0.15, 0.2) is 12.5 Å². The van der Waals surface area contributed by atoms with Crippen LogP contribution in [0.3, 0.4) is 0 Å². The predicted molar refractivity (Wildman–Crippen MR) is 67.4 cm³/mol. The molecule has 3 atom stereocenters. The lowest BCUT2D eigenvalue weighted by Crippen LogP contribution is -2.46. The van der Waals surface area contributed by atoms with Crippen molar-refractivity contribution >= 4 is 11.9 Å². The Morgan fingerprint density at radius 2 is 2.37 bits per heavy atom. The molecule has 1 aromatic rings.